The van der Waals surface area contributed by atoms with Gasteiger partial charge >= 0.3 is 0 Å². The lowest BCUT2D eigenvalue weighted by atomic mass is 9.96. The van der Waals surface area contributed by atoms with Gasteiger partial charge in [0.05, 0.1) is 6.61 Å². The number of anilines is 1. The fraction of sp³-hybridized carbons (Fsp3) is 0.643. The van der Waals surface area contributed by atoms with Crippen molar-refractivity contribution in [3.05, 3.63) is 17.6 Å². The van der Waals surface area contributed by atoms with Crippen LogP contribution in [0.5, 0.6) is 0 Å². The second-order valence-corrected chi connectivity index (χ2v) is 5.15. The van der Waals surface area contributed by atoms with E-state index in [1.807, 2.05) is 0 Å². The minimum atomic E-state index is 0.223. The van der Waals surface area contributed by atoms with Crippen LogP contribution < -0.4 is 10.6 Å². The molecular weight excluding hydrogens is 270 g/mol. The summed E-state index contributed by atoms with van der Waals surface area (Å²) in [6, 6.07) is 0. The van der Waals surface area contributed by atoms with Crippen LogP contribution in [0, 0.1) is 0 Å². The molecule has 1 aliphatic carbocycles. The molecule has 116 valence electrons. The molecule has 2 rings (SSSR count). The molecule has 3 N–H and O–H groups in total. The number of methoxy groups -OCH3 is 1. The van der Waals surface area contributed by atoms with E-state index in [9.17, 15) is 0 Å². The van der Waals surface area contributed by atoms with Crippen molar-refractivity contribution in [1.29, 1.82) is 0 Å². The molecule has 0 aliphatic heterocycles. The van der Waals surface area contributed by atoms with E-state index in [2.05, 4.69) is 20.0 Å². The van der Waals surface area contributed by atoms with E-state index in [0.29, 0.717) is 19.6 Å². The average Bonchev–Trinajstić information content (AvgIpc) is 2.54. The van der Waals surface area contributed by atoms with E-state index >= 15 is 0 Å². The van der Waals surface area contributed by atoms with Crippen LogP contribution in [0.15, 0.2) is 11.5 Å². The largest absolute Gasteiger partial charge is 0.409 e. The SMILES string of the molecule is COCCN(CCC(N)=NO)c1ncnc2c1CCCC2. The first-order chi connectivity index (χ1) is 10.3. The maximum atomic E-state index is 8.68. The number of ether oxygens (including phenoxy) is 1. The molecule has 0 atom stereocenters. The second kappa shape index (κ2) is 7.78. The zero-order valence-electron chi connectivity index (χ0n) is 12.5. The van der Waals surface area contributed by atoms with Gasteiger partial charge in [-0.2, -0.15) is 0 Å². The zero-order valence-corrected chi connectivity index (χ0v) is 12.5. The number of nitrogens with zero attached hydrogens (tertiary/aromatic N) is 4. The van der Waals surface area contributed by atoms with Crippen LogP contribution in [0.2, 0.25) is 0 Å². The first kappa shape index (κ1) is 15.5. The molecule has 0 aromatic carbocycles. The van der Waals surface area contributed by atoms with Gasteiger partial charge in [-0.1, -0.05) is 5.16 Å². The molecule has 1 heterocycles. The number of amidine groups is 1. The Hall–Kier alpha value is -1.89. The molecular formula is C14H23N5O2. The summed E-state index contributed by atoms with van der Waals surface area (Å²) < 4.78 is 5.18. The molecule has 0 saturated carbocycles. The third-order valence-electron chi connectivity index (χ3n) is 3.73. The number of aryl methyl sites for hydroxylation is 1. The van der Waals surface area contributed by atoms with Gasteiger partial charge in [0.2, 0.25) is 0 Å². The van der Waals surface area contributed by atoms with Gasteiger partial charge in [-0.05, 0) is 25.7 Å². The van der Waals surface area contributed by atoms with Crippen LogP contribution in [0.4, 0.5) is 5.82 Å². The van der Waals surface area contributed by atoms with E-state index in [1.165, 1.54) is 18.4 Å². The van der Waals surface area contributed by atoms with E-state index < -0.39 is 0 Å². The van der Waals surface area contributed by atoms with Gasteiger partial charge < -0.3 is 20.6 Å². The van der Waals surface area contributed by atoms with Crippen LogP contribution in [0.3, 0.4) is 0 Å². The Morgan fingerprint density at radius 2 is 2.19 bits per heavy atom. The number of fused-ring (bicyclic) bond motifs is 1. The molecule has 0 amide bonds. The monoisotopic (exact) mass is 293 g/mol. The highest BCUT2D eigenvalue weighted by Crippen LogP contribution is 2.27. The van der Waals surface area contributed by atoms with E-state index in [0.717, 1.165) is 30.9 Å². The summed E-state index contributed by atoms with van der Waals surface area (Å²) in [5.41, 5.74) is 7.96. The van der Waals surface area contributed by atoms with Gasteiger partial charge in [0.25, 0.3) is 0 Å². The lowest BCUT2D eigenvalue weighted by Gasteiger charge is -2.27. The normalized spacial score (nSPS) is 14.8. The number of hydrogen-bond acceptors (Lipinski definition) is 6. The first-order valence-corrected chi connectivity index (χ1v) is 7.29. The standard InChI is InChI=1S/C14H23N5O2/c1-21-9-8-19(7-6-13(15)18-20)14-11-4-2-3-5-12(11)16-10-17-14/h10,20H,2-9H2,1H3,(H2,15,18). The lowest BCUT2D eigenvalue weighted by molar-refractivity contribution is 0.205. The second-order valence-electron chi connectivity index (χ2n) is 5.15. The highest BCUT2D eigenvalue weighted by Gasteiger charge is 2.19. The smallest absolute Gasteiger partial charge is 0.140 e. The van der Waals surface area contributed by atoms with Gasteiger partial charge in [-0.3, -0.25) is 0 Å². The Morgan fingerprint density at radius 3 is 2.95 bits per heavy atom. The minimum Gasteiger partial charge on any atom is -0.409 e. The van der Waals surface area contributed by atoms with Crippen molar-refractivity contribution in [2.24, 2.45) is 10.9 Å². The van der Waals surface area contributed by atoms with Crippen LogP contribution in [-0.4, -0.2) is 47.8 Å². The third kappa shape index (κ3) is 4.04. The molecule has 21 heavy (non-hydrogen) atoms. The summed E-state index contributed by atoms with van der Waals surface area (Å²) >= 11 is 0. The molecule has 0 radical (unpaired) electrons. The maximum absolute atomic E-state index is 8.68. The minimum absolute atomic E-state index is 0.223. The van der Waals surface area contributed by atoms with Crippen molar-refractivity contribution in [2.45, 2.75) is 32.1 Å². The van der Waals surface area contributed by atoms with Crippen LogP contribution in [0.25, 0.3) is 0 Å². The summed E-state index contributed by atoms with van der Waals surface area (Å²) in [7, 11) is 1.68. The van der Waals surface area contributed by atoms with Crippen molar-refractivity contribution in [3.63, 3.8) is 0 Å². The van der Waals surface area contributed by atoms with Crippen molar-refractivity contribution >= 4 is 11.7 Å². The van der Waals surface area contributed by atoms with Gasteiger partial charge in [-0.25, -0.2) is 9.97 Å². The molecule has 1 aromatic rings. The number of hydrogen-bond donors (Lipinski definition) is 2. The van der Waals surface area contributed by atoms with Gasteiger partial charge in [-0.15, -0.1) is 0 Å². The zero-order chi connectivity index (χ0) is 15.1. The molecule has 7 heteroatoms. The molecule has 0 bridgehead atoms. The van der Waals surface area contributed by atoms with E-state index in [1.54, 1.807) is 13.4 Å². The van der Waals surface area contributed by atoms with E-state index in [4.69, 9.17) is 15.7 Å². The fourth-order valence-corrected chi connectivity index (χ4v) is 2.60. The van der Waals surface area contributed by atoms with Crippen molar-refractivity contribution in [2.75, 3.05) is 31.7 Å². The Kier molecular flexibility index (Phi) is 5.74. The predicted molar refractivity (Wildman–Crippen MR) is 80.8 cm³/mol. The summed E-state index contributed by atoms with van der Waals surface area (Å²) in [5.74, 6) is 1.18. The molecule has 0 spiro atoms. The van der Waals surface area contributed by atoms with Gasteiger partial charge in [0.1, 0.15) is 18.0 Å². The molecule has 1 aromatic heterocycles. The van der Waals surface area contributed by atoms with Crippen LogP contribution >= 0.6 is 0 Å². The van der Waals surface area contributed by atoms with Crippen LogP contribution in [0.1, 0.15) is 30.5 Å². The number of oxime groups is 1. The van der Waals surface area contributed by atoms with Gasteiger partial charge in [0.15, 0.2) is 0 Å². The summed E-state index contributed by atoms with van der Waals surface area (Å²) in [4.78, 5) is 11.0. The average molecular weight is 293 g/mol. The Labute approximate surface area is 124 Å². The Morgan fingerprint density at radius 1 is 1.38 bits per heavy atom. The molecule has 7 nitrogen and oxygen atoms in total. The van der Waals surface area contributed by atoms with Crippen LogP contribution in [-0.2, 0) is 17.6 Å². The molecule has 0 saturated heterocycles. The lowest BCUT2D eigenvalue weighted by Crippen LogP contribution is -2.33. The summed E-state index contributed by atoms with van der Waals surface area (Å²) in [6.45, 7) is 1.97. The number of rotatable bonds is 7. The topological polar surface area (TPSA) is 96.9 Å². The maximum Gasteiger partial charge on any atom is 0.140 e. The highest BCUT2D eigenvalue weighted by molar-refractivity contribution is 5.80. The van der Waals surface area contributed by atoms with Crippen molar-refractivity contribution < 1.29 is 9.94 Å². The Bertz CT molecular complexity index is 492. The summed E-state index contributed by atoms with van der Waals surface area (Å²) in [5, 5.41) is 11.7. The first-order valence-electron chi connectivity index (χ1n) is 7.29. The molecule has 0 fully saturated rings. The van der Waals surface area contributed by atoms with Crippen molar-refractivity contribution in [3.8, 4) is 0 Å². The summed E-state index contributed by atoms with van der Waals surface area (Å²) in [6.07, 6.45) is 6.50. The van der Waals surface area contributed by atoms with E-state index in [-0.39, 0.29) is 5.84 Å². The predicted octanol–water partition coefficient (Wildman–Crippen LogP) is 0.945. The quantitative estimate of drug-likeness (QED) is 0.336. The molecule has 1 aliphatic rings. The fourth-order valence-electron chi connectivity index (χ4n) is 2.60. The van der Waals surface area contributed by atoms with Gasteiger partial charge in [0, 0.05) is 37.9 Å². The highest BCUT2D eigenvalue weighted by atomic mass is 16.5. The third-order valence-corrected chi connectivity index (χ3v) is 3.73. The number of nitrogens with two attached hydrogens (primary N) is 1. The molecule has 0 unspecified atom stereocenters. The number of aromatic nitrogens is 2. The van der Waals surface area contributed by atoms with Crippen molar-refractivity contribution in [1.82, 2.24) is 9.97 Å². The Balaban J connectivity index is 2.19.